The molecule has 3 rings (SSSR count). The van der Waals surface area contributed by atoms with Crippen LogP contribution in [0.3, 0.4) is 0 Å². The summed E-state index contributed by atoms with van der Waals surface area (Å²) in [6.07, 6.45) is 2.48. The van der Waals surface area contributed by atoms with Crippen LogP contribution in [0.25, 0.3) is 0 Å². The number of hydrogen-bond donors (Lipinski definition) is 2. The molecule has 0 radical (unpaired) electrons. The lowest BCUT2D eigenvalue weighted by atomic mass is 10.0. The predicted octanol–water partition coefficient (Wildman–Crippen LogP) is 2.59. The number of nitrogens with zero attached hydrogens (tertiary/aromatic N) is 3. The number of rotatable bonds is 10. The molecular weight excluding hydrogens is 533 g/mol. The highest BCUT2D eigenvalue weighted by Gasteiger charge is 2.25. The van der Waals surface area contributed by atoms with Crippen LogP contribution in [-0.2, 0) is 4.74 Å². The summed E-state index contributed by atoms with van der Waals surface area (Å²) in [6, 6.07) is 6.37. The van der Waals surface area contributed by atoms with Gasteiger partial charge in [-0.2, -0.15) is 0 Å². The van der Waals surface area contributed by atoms with Crippen LogP contribution in [0.15, 0.2) is 23.2 Å². The van der Waals surface area contributed by atoms with E-state index >= 15 is 0 Å². The van der Waals surface area contributed by atoms with Gasteiger partial charge in [0.2, 0.25) is 0 Å². The Bertz CT molecular complexity index is 730. The second-order valence-corrected chi connectivity index (χ2v) is 8.57. The van der Waals surface area contributed by atoms with E-state index in [-0.39, 0.29) is 30.0 Å². The van der Waals surface area contributed by atoms with Crippen LogP contribution in [0, 0.1) is 5.92 Å². The SMILES string of the molecule is CCCN1CCC(CNC(=NC)NCC(c2ccc(OC)c(OC)c2)N2CCOCC2)C1.I. The van der Waals surface area contributed by atoms with Gasteiger partial charge in [0.1, 0.15) is 0 Å². The highest BCUT2D eigenvalue weighted by atomic mass is 127. The Morgan fingerprint density at radius 3 is 2.58 bits per heavy atom. The van der Waals surface area contributed by atoms with Crippen LogP contribution < -0.4 is 20.1 Å². The first-order valence-electron chi connectivity index (χ1n) is 11.9. The van der Waals surface area contributed by atoms with Gasteiger partial charge in [0.05, 0.1) is 33.5 Å². The Kier molecular flexibility index (Phi) is 12.6. The fourth-order valence-corrected chi connectivity index (χ4v) is 4.66. The maximum Gasteiger partial charge on any atom is 0.191 e. The molecule has 2 saturated heterocycles. The van der Waals surface area contributed by atoms with Gasteiger partial charge in [0.25, 0.3) is 0 Å². The Morgan fingerprint density at radius 2 is 1.91 bits per heavy atom. The molecule has 2 heterocycles. The maximum absolute atomic E-state index is 5.59. The lowest BCUT2D eigenvalue weighted by Crippen LogP contribution is -2.47. The van der Waals surface area contributed by atoms with Crippen molar-refractivity contribution < 1.29 is 14.2 Å². The van der Waals surface area contributed by atoms with Crippen molar-refractivity contribution in [2.45, 2.75) is 25.8 Å². The summed E-state index contributed by atoms with van der Waals surface area (Å²) in [5, 5.41) is 7.11. The molecule has 9 heteroatoms. The molecular formula is C24H42IN5O3. The fraction of sp³-hybridized carbons (Fsp3) is 0.708. The van der Waals surface area contributed by atoms with Crippen molar-refractivity contribution in [1.29, 1.82) is 0 Å². The topological polar surface area (TPSA) is 70.6 Å². The van der Waals surface area contributed by atoms with Crippen LogP contribution in [-0.4, -0.2) is 96.1 Å². The zero-order chi connectivity index (χ0) is 22.8. The van der Waals surface area contributed by atoms with Gasteiger partial charge < -0.3 is 29.7 Å². The molecule has 2 N–H and O–H groups in total. The van der Waals surface area contributed by atoms with Crippen LogP contribution in [0.4, 0.5) is 0 Å². The Morgan fingerprint density at radius 1 is 1.15 bits per heavy atom. The van der Waals surface area contributed by atoms with Crippen LogP contribution in [0.1, 0.15) is 31.4 Å². The van der Waals surface area contributed by atoms with E-state index in [0.717, 1.165) is 56.9 Å². The molecule has 0 aromatic heterocycles. The summed E-state index contributed by atoms with van der Waals surface area (Å²) in [7, 11) is 5.19. The number of ether oxygens (including phenoxy) is 3. The monoisotopic (exact) mass is 575 g/mol. The highest BCUT2D eigenvalue weighted by molar-refractivity contribution is 14.0. The largest absolute Gasteiger partial charge is 0.493 e. The van der Waals surface area contributed by atoms with Crippen LogP contribution >= 0.6 is 24.0 Å². The summed E-state index contributed by atoms with van der Waals surface area (Å²) in [5.74, 6) is 3.04. The van der Waals surface area contributed by atoms with E-state index in [9.17, 15) is 0 Å². The zero-order valence-electron chi connectivity index (χ0n) is 20.6. The first-order valence-corrected chi connectivity index (χ1v) is 11.9. The van der Waals surface area contributed by atoms with Gasteiger partial charge in [-0.25, -0.2) is 0 Å². The quantitative estimate of drug-likeness (QED) is 0.253. The molecule has 0 saturated carbocycles. The number of aliphatic imine (C=N–C) groups is 1. The number of hydrogen-bond acceptors (Lipinski definition) is 6. The number of guanidine groups is 1. The van der Waals surface area contributed by atoms with Crippen molar-refractivity contribution in [3.8, 4) is 11.5 Å². The first-order chi connectivity index (χ1) is 15.7. The molecule has 2 fully saturated rings. The first kappa shape index (κ1) is 27.9. The number of methoxy groups -OCH3 is 2. The molecule has 1 aromatic carbocycles. The molecule has 0 amide bonds. The normalized spacial score (nSPS) is 20.7. The summed E-state index contributed by atoms with van der Waals surface area (Å²) in [5.41, 5.74) is 1.19. The van der Waals surface area contributed by atoms with E-state index in [1.165, 1.54) is 38.0 Å². The number of halogens is 1. The average Bonchev–Trinajstić information content (AvgIpc) is 3.29. The Hall–Kier alpha value is -1.30. The van der Waals surface area contributed by atoms with Crippen LogP contribution in [0.5, 0.6) is 11.5 Å². The second kappa shape index (κ2) is 14.9. The molecule has 0 spiro atoms. The van der Waals surface area contributed by atoms with E-state index in [4.69, 9.17) is 14.2 Å². The van der Waals surface area contributed by atoms with Crippen molar-refractivity contribution in [2.75, 3.05) is 80.3 Å². The highest BCUT2D eigenvalue weighted by Crippen LogP contribution is 2.32. The molecule has 8 nitrogen and oxygen atoms in total. The van der Waals surface area contributed by atoms with Crippen molar-refractivity contribution in [2.24, 2.45) is 10.9 Å². The lowest BCUT2D eigenvalue weighted by Gasteiger charge is -2.35. The van der Waals surface area contributed by atoms with Gasteiger partial charge in [0, 0.05) is 39.8 Å². The fourth-order valence-electron chi connectivity index (χ4n) is 4.66. The van der Waals surface area contributed by atoms with Gasteiger partial charge >= 0.3 is 0 Å². The molecule has 0 aliphatic carbocycles. The van der Waals surface area contributed by atoms with Gasteiger partial charge in [-0.15, -0.1) is 24.0 Å². The smallest absolute Gasteiger partial charge is 0.191 e. The van der Waals surface area contributed by atoms with Crippen LogP contribution in [0.2, 0.25) is 0 Å². The maximum atomic E-state index is 5.59. The van der Waals surface area contributed by atoms with E-state index in [1.54, 1.807) is 14.2 Å². The van der Waals surface area contributed by atoms with E-state index < -0.39 is 0 Å². The lowest BCUT2D eigenvalue weighted by molar-refractivity contribution is 0.0169. The van der Waals surface area contributed by atoms with Gasteiger partial charge in [0.15, 0.2) is 17.5 Å². The zero-order valence-corrected chi connectivity index (χ0v) is 23.0. The van der Waals surface area contributed by atoms with Crippen molar-refractivity contribution in [1.82, 2.24) is 20.4 Å². The molecule has 1 aromatic rings. The summed E-state index contributed by atoms with van der Waals surface area (Å²) < 4.78 is 16.6. The Balaban J connectivity index is 0.00000385. The van der Waals surface area contributed by atoms with Crippen molar-refractivity contribution in [3.63, 3.8) is 0 Å². The standard InChI is InChI=1S/C24H41N5O3.HI/c1-5-9-28-10-8-19(18-28)16-26-24(25-2)27-17-21(29-11-13-32-14-12-29)20-6-7-22(30-3)23(15-20)31-4;/h6-7,15,19,21H,5,8-14,16-18H2,1-4H3,(H2,25,26,27);1H. The third-order valence-corrected chi connectivity index (χ3v) is 6.43. The molecule has 2 unspecified atom stereocenters. The second-order valence-electron chi connectivity index (χ2n) is 8.57. The minimum atomic E-state index is 0. The van der Waals surface area contributed by atoms with Gasteiger partial charge in [-0.3, -0.25) is 9.89 Å². The number of nitrogens with one attached hydrogen (secondary N) is 2. The number of likely N-dealkylation sites (tertiary alicyclic amines) is 1. The summed E-state index contributed by atoms with van der Waals surface area (Å²) in [6.45, 7) is 10.9. The minimum Gasteiger partial charge on any atom is -0.493 e. The van der Waals surface area contributed by atoms with E-state index in [0.29, 0.717) is 5.92 Å². The van der Waals surface area contributed by atoms with Gasteiger partial charge in [-0.1, -0.05) is 13.0 Å². The van der Waals surface area contributed by atoms with E-state index in [2.05, 4.69) is 44.5 Å². The molecule has 0 bridgehead atoms. The van der Waals surface area contributed by atoms with Gasteiger partial charge in [-0.05, 0) is 49.5 Å². The minimum absolute atomic E-state index is 0. The molecule has 2 atom stereocenters. The third kappa shape index (κ3) is 8.15. The molecule has 2 aliphatic rings. The average molecular weight is 576 g/mol. The van der Waals surface area contributed by atoms with Crippen molar-refractivity contribution >= 4 is 29.9 Å². The summed E-state index contributed by atoms with van der Waals surface area (Å²) in [4.78, 5) is 9.50. The number of morpholine rings is 1. The summed E-state index contributed by atoms with van der Waals surface area (Å²) >= 11 is 0. The number of benzene rings is 1. The predicted molar refractivity (Wildman–Crippen MR) is 144 cm³/mol. The third-order valence-electron chi connectivity index (χ3n) is 6.43. The Labute approximate surface area is 216 Å². The molecule has 188 valence electrons. The van der Waals surface area contributed by atoms with Crippen molar-refractivity contribution in [3.05, 3.63) is 23.8 Å². The molecule has 2 aliphatic heterocycles. The molecule has 33 heavy (non-hydrogen) atoms. The van der Waals surface area contributed by atoms with E-state index in [1.807, 2.05) is 13.1 Å².